The van der Waals surface area contributed by atoms with Crippen molar-refractivity contribution in [3.8, 4) is 0 Å². The minimum Gasteiger partial charge on any atom is -0.364 e. The van der Waals surface area contributed by atoms with Crippen LogP contribution in [0.1, 0.15) is 35.3 Å². The van der Waals surface area contributed by atoms with Gasteiger partial charge in [-0.25, -0.2) is 4.98 Å². The van der Waals surface area contributed by atoms with Crippen LogP contribution in [0.4, 0.5) is 5.82 Å². The van der Waals surface area contributed by atoms with Crippen molar-refractivity contribution in [2.24, 2.45) is 0 Å². The van der Waals surface area contributed by atoms with Crippen molar-refractivity contribution in [3.05, 3.63) is 57.9 Å². The van der Waals surface area contributed by atoms with Crippen LogP contribution in [-0.4, -0.2) is 23.2 Å². The predicted octanol–water partition coefficient (Wildman–Crippen LogP) is 5.03. The Morgan fingerprint density at radius 3 is 2.85 bits per heavy atom. The first-order valence-electron chi connectivity index (χ1n) is 9.01. The van der Waals surface area contributed by atoms with Gasteiger partial charge in [-0.1, -0.05) is 17.7 Å². The van der Waals surface area contributed by atoms with Gasteiger partial charge in [-0.2, -0.15) is 0 Å². The standard InChI is InChI=1S/C21H24ClN3O/c1-13-14(2)25(12-26-4)20-18(13)7-9-23-21(20)24-10-8-16-5-6-17(22)11-19(16)15(24)3/h5-7,9,11,15H,8,10,12H2,1-4H3. The number of hydrogen-bond donors (Lipinski definition) is 0. The number of ether oxygens (including phenoxy) is 1. The molecule has 1 aromatic carbocycles. The fourth-order valence-electron chi connectivity index (χ4n) is 4.15. The number of aromatic nitrogens is 2. The van der Waals surface area contributed by atoms with Gasteiger partial charge in [0.15, 0.2) is 5.82 Å². The quantitative estimate of drug-likeness (QED) is 0.648. The van der Waals surface area contributed by atoms with Crippen LogP contribution in [0.25, 0.3) is 10.9 Å². The molecule has 0 fully saturated rings. The van der Waals surface area contributed by atoms with Crippen LogP contribution in [-0.2, 0) is 17.9 Å². The van der Waals surface area contributed by atoms with Gasteiger partial charge in [-0.05, 0) is 62.1 Å². The highest BCUT2D eigenvalue weighted by Gasteiger charge is 2.28. The number of hydrogen-bond acceptors (Lipinski definition) is 3. The van der Waals surface area contributed by atoms with Crippen LogP contribution < -0.4 is 4.90 Å². The topological polar surface area (TPSA) is 30.3 Å². The average molecular weight is 370 g/mol. The first kappa shape index (κ1) is 17.4. The van der Waals surface area contributed by atoms with Crippen LogP contribution in [0.5, 0.6) is 0 Å². The van der Waals surface area contributed by atoms with Crippen molar-refractivity contribution in [2.45, 2.75) is 40.0 Å². The van der Waals surface area contributed by atoms with E-state index in [2.05, 4.69) is 48.4 Å². The molecule has 26 heavy (non-hydrogen) atoms. The lowest BCUT2D eigenvalue weighted by atomic mass is 9.93. The molecule has 1 aliphatic heterocycles. The van der Waals surface area contributed by atoms with Gasteiger partial charge in [0.2, 0.25) is 0 Å². The second-order valence-corrected chi connectivity index (χ2v) is 7.49. The predicted molar refractivity (Wildman–Crippen MR) is 107 cm³/mol. The van der Waals surface area contributed by atoms with Crippen LogP contribution in [0.2, 0.25) is 5.02 Å². The molecule has 0 saturated heterocycles. The number of fused-ring (bicyclic) bond motifs is 2. The summed E-state index contributed by atoms with van der Waals surface area (Å²) in [4.78, 5) is 7.19. The zero-order chi connectivity index (χ0) is 18.4. The molecule has 3 aromatic rings. The summed E-state index contributed by atoms with van der Waals surface area (Å²) in [5, 5.41) is 2.03. The van der Waals surface area contributed by atoms with Gasteiger partial charge in [0.05, 0.1) is 11.6 Å². The normalized spacial score (nSPS) is 17.0. The molecule has 0 radical (unpaired) electrons. The van der Waals surface area contributed by atoms with E-state index >= 15 is 0 Å². The molecule has 2 aromatic heterocycles. The Balaban J connectivity index is 1.88. The second kappa shape index (κ2) is 6.60. The lowest BCUT2D eigenvalue weighted by molar-refractivity contribution is 0.133. The van der Waals surface area contributed by atoms with Crippen molar-refractivity contribution in [1.29, 1.82) is 0 Å². The van der Waals surface area contributed by atoms with Crippen molar-refractivity contribution in [2.75, 3.05) is 18.6 Å². The average Bonchev–Trinajstić information content (AvgIpc) is 2.88. The Labute approximate surface area is 159 Å². The molecular weight excluding hydrogens is 346 g/mol. The first-order valence-corrected chi connectivity index (χ1v) is 9.39. The number of rotatable bonds is 3. The van der Waals surface area contributed by atoms with E-state index in [0.717, 1.165) is 29.3 Å². The molecule has 136 valence electrons. The van der Waals surface area contributed by atoms with Gasteiger partial charge < -0.3 is 14.2 Å². The molecule has 0 saturated carbocycles. The Bertz CT molecular complexity index is 979. The smallest absolute Gasteiger partial charge is 0.153 e. The number of methoxy groups -OCH3 is 1. The van der Waals surface area contributed by atoms with Crippen molar-refractivity contribution in [3.63, 3.8) is 0 Å². The van der Waals surface area contributed by atoms with E-state index in [4.69, 9.17) is 21.3 Å². The highest BCUT2D eigenvalue weighted by molar-refractivity contribution is 6.30. The minimum absolute atomic E-state index is 0.224. The Hall–Kier alpha value is -2.04. The Morgan fingerprint density at radius 1 is 1.27 bits per heavy atom. The number of benzene rings is 1. The molecule has 4 rings (SSSR count). The van der Waals surface area contributed by atoms with E-state index in [1.165, 1.54) is 27.8 Å². The first-order chi connectivity index (χ1) is 12.5. The molecule has 0 bridgehead atoms. The molecule has 5 heteroatoms. The summed E-state index contributed by atoms with van der Waals surface area (Å²) in [7, 11) is 1.73. The fraction of sp³-hybridized carbons (Fsp3) is 0.381. The number of halogens is 1. The van der Waals surface area contributed by atoms with E-state index < -0.39 is 0 Å². The largest absolute Gasteiger partial charge is 0.364 e. The third-order valence-corrected chi connectivity index (χ3v) is 5.94. The second-order valence-electron chi connectivity index (χ2n) is 7.05. The molecule has 4 nitrogen and oxygen atoms in total. The Kier molecular flexibility index (Phi) is 4.41. The van der Waals surface area contributed by atoms with Crippen LogP contribution >= 0.6 is 11.6 Å². The van der Waals surface area contributed by atoms with Crippen LogP contribution in [0, 0.1) is 13.8 Å². The fourth-order valence-corrected chi connectivity index (χ4v) is 4.33. The highest BCUT2D eigenvalue weighted by Crippen LogP contribution is 2.38. The monoisotopic (exact) mass is 369 g/mol. The molecule has 1 aliphatic rings. The van der Waals surface area contributed by atoms with E-state index in [1.54, 1.807) is 7.11 Å². The number of aryl methyl sites for hydroxylation is 1. The van der Waals surface area contributed by atoms with Crippen LogP contribution in [0.15, 0.2) is 30.5 Å². The summed E-state index contributed by atoms with van der Waals surface area (Å²) >= 11 is 6.27. The Morgan fingerprint density at radius 2 is 2.08 bits per heavy atom. The van der Waals surface area contributed by atoms with E-state index in [9.17, 15) is 0 Å². The molecule has 0 N–H and O–H groups in total. The van der Waals surface area contributed by atoms with Crippen molar-refractivity contribution in [1.82, 2.24) is 9.55 Å². The SMILES string of the molecule is COCn1c(C)c(C)c2ccnc(N3CCc4ccc(Cl)cc4C3C)c21. The molecule has 1 atom stereocenters. The lowest BCUT2D eigenvalue weighted by Crippen LogP contribution is -2.35. The number of pyridine rings is 1. The van der Waals surface area contributed by atoms with Gasteiger partial charge in [-0.15, -0.1) is 0 Å². The molecular formula is C21H24ClN3O. The summed E-state index contributed by atoms with van der Waals surface area (Å²) in [6.45, 7) is 8.02. The van der Waals surface area contributed by atoms with Crippen molar-refractivity contribution >= 4 is 28.3 Å². The third kappa shape index (κ3) is 2.60. The van der Waals surface area contributed by atoms with Gasteiger partial charge >= 0.3 is 0 Å². The summed E-state index contributed by atoms with van der Waals surface area (Å²) in [6, 6.07) is 8.56. The zero-order valence-corrected chi connectivity index (χ0v) is 16.5. The summed E-state index contributed by atoms with van der Waals surface area (Å²) < 4.78 is 7.70. The lowest BCUT2D eigenvalue weighted by Gasteiger charge is -2.36. The molecule has 0 spiro atoms. The third-order valence-electron chi connectivity index (χ3n) is 5.70. The van der Waals surface area contributed by atoms with Gasteiger partial charge in [0.25, 0.3) is 0 Å². The summed E-state index contributed by atoms with van der Waals surface area (Å²) in [6.07, 6.45) is 2.92. The van der Waals surface area contributed by atoms with E-state index in [1.807, 2.05) is 12.3 Å². The highest BCUT2D eigenvalue weighted by atomic mass is 35.5. The van der Waals surface area contributed by atoms with E-state index in [0.29, 0.717) is 6.73 Å². The summed E-state index contributed by atoms with van der Waals surface area (Å²) in [5.41, 5.74) is 6.34. The molecule has 0 aliphatic carbocycles. The maximum absolute atomic E-state index is 6.27. The zero-order valence-electron chi connectivity index (χ0n) is 15.7. The van der Waals surface area contributed by atoms with Gasteiger partial charge in [0, 0.05) is 36.0 Å². The number of anilines is 1. The molecule has 0 amide bonds. The summed E-state index contributed by atoms with van der Waals surface area (Å²) in [5.74, 6) is 1.02. The molecule has 3 heterocycles. The maximum atomic E-state index is 6.27. The minimum atomic E-state index is 0.224. The molecule has 1 unspecified atom stereocenters. The van der Waals surface area contributed by atoms with E-state index in [-0.39, 0.29) is 6.04 Å². The maximum Gasteiger partial charge on any atom is 0.153 e. The van der Waals surface area contributed by atoms with Crippen LogP contribution in [0.3, 0.4) is 0 Å². The van der Waals surface area contributed by atoms with Gasteiger partial charge in [-0.3, -0.25) is 0 Å². The van der Waals surface area contributed by atoms with Crippen molar-refractivity contribution < 1.29 is 4.74 Å². The van der Waals surface area contributed by atoms with Gasteiger partial charge in [0.1, 0.15) is 6.73 Å². The number of nitrogens with zero attached hydrogens (tertiary/aromatic N) is 3.